The van der Waals surface area contributed by atoms with E-state index in [1.807, 2.05) is 22.6 Å². The van der Waals surface area contributed by atoms with Gasteiger partial charge in [-0.15, -0.1) is 0 Å². The van der Waals surface area contributed by atoms with Gasteiger partial charge in [-0.2, -0.15) is 0 Å². The molecule has 0 aliphatic carbocycles. The van der Waals surface area contributed by atoms with Crippen molar-refractivity contribution in [2.24, 2.45) is 5.73 Å². The van der Waals surface area contributed by atoms with Crippen molar-refractivity contribution in [3.8, 4) is 5.75 Å². The third-order valence-electron chi connectivity index (χ3n) is 1.98. The summed E-state index contributed by atoms with van der Waals surface area (Å²) in [5, 5.41) is 11.8. The molecule has 0 saturated carbocycles. The fraction of sp³-hybridized carbons (Fsp3) is 0.200. The van der Waals surface area contributed by atoms with Gasteiger partial charge in [0.25, 0.3) is 5.91 Å². The quantitative estimate of drug-likeness (QED) is 0.707. The number of carbonyl (C=O) groups excluding carboxylic acids is 2. The van der Waals surface area contributed by atoms with E-state index in [9.17, 15) is 14.7 Å². The molecule has 0 radical (unpaired) electrons. The van der Waals surface area contributed by atoms with Crippen LogP contribution in [0.2, 0.25) is 0 Å². The predicted octanol–water partition coefficient (Wildman–Crippen LogP) is 0.600. The molecule has 0 aliphatic heterocycles. The molecule has 0 aliphatic rings. The number of rotatable bonds is 3. The van der Waals surface area contributed by atoms with Crippen molar-refractivity contribution in [3.05, 3.63) is 27.3 Å². The minimum absolute atomic E-state index is 0.0278. The topological polar surface area (TPSA) is 92.4 Å². The van der Waals surface area contributed by atoms with Gasteiger partial charge < -0.3 is 16.2 Å². The molecule has 4 N–H and O–H groups in total. The highest BCUT2D eigenvalue weighted by Crippen LogP contribution is 2.20. The number of phenolic OH excluding ortho intramolecular Hbond substituents is 1. The Kier molecular flexibility index (Phi) is 4.11. The smallest absolute Gasteiger partial charge is 0.252 e. The maximum absolute atomic E-state index is 11.6. The summed E-state index contributed by atoms with van der Waals surface area (Å²) in [5.74, 6) is -1.03. The highest BCUT2D eigenvalue weighted by molar-refractivity contribution is 14.1. The minimum Gasteiger partial charge on any atom is -0.507 e. The Labute approximate surface area is 106 Å². The predicted molar refractivity (Wildman–Crippen MR) is 66.9 cm³/mol. The molecule has 0 bridgehead atoms. The van der Waals surface area contributed by atoms with E-state index in [0.717, 1.165) is 0 Å². The first-order valence-corrected chi connectivity index (χ1v) is 5.58. The summed E-state index contributed by atoms with van der Waals surface area (Å²) in [6.45, 7) is 1.49. The Morgan fingerprint density at radius 3 is 2.62 bits per heavy atom. The first-order chi connectivity index (χ1) is 7.41. The monoisotopic (exact) mass is 334 g/mol. The van der Waals surface area contributed by atoms with E-state index in [1.165, 1.54) is 13.0 Å². The van der Waals surface area contributed by atoms with Gasteiger partial charge in [-0.05, 0) is 47.7 Å². The maximum atomic E-state index is 11.6. The minimum atomic E-state index is -0.742. The van der Waals surface area contributed by atoms with E-state index in [-0.39, 0.29) is 11.3 Å². The van der Waals surface area contributed by atoms with Crippen molar-refractivity contribution in [3.63, 3.8) is 0 Å². The molecule has 0 aromatic heterocycles. The first-order valence-electron chi connectivity index (χ1n) is 4.50. The van der Waals surface area contributed by atoms with Crippen molar-refractivity contribution in [1.29, 1.82) is 0 Å². The molecule has 0 saturated heterocycles. The summed E-state index contributed by atoms with van der Waals surface area (Å²) in [4.78, 5) is 22.3. The van der Waals surface area contributed by atoms with Crippen LogP contribution in [0.1, 0.15) is 17.3 Å². The van der Waals surface area contributed by atoms with E-state index in [1.54, 1.807) is 12.1 Å². The van der Waals surface area contributed by atoms with Crippen LogP contribution in [0.3, 0.4) is 0 Å². The van der Waals surface area contributed by atoms with Crippen LogP contribution >= 0.6 is 22.6 Å². The van der Waals surface area contributed by atoms with Crippen molar-refractivity contribution in [1.82, 2.24) is 5.32 Å². The van der Waals surface area contributed by atoms with E-state index in [4.69, 9.17) is 5.73 Å². The lowest BCUT2D eigenvalue weighted by molar-refractivity contribution is -0.119. The van der Waals surface area contributed by atoms with Gasteiger partial charge in [-0.3, -0.25) is 9.59 Å². The number of carbonyl (C=O) groups is 2. The Bertz CT molecular complexity index is 434. The standard InChI is InChI=1S/C10H11IN2O3/c1-5(9(12)15)13-10(16)6-2-3-7(11)8(14)4-6/h2-5,14H,1H3,(H2,12,15)(H,13,16). The molecule has 6 heteroatoms. The Balaban J connectivity index is 2.81. The number of hydrogen-bond donors (Lipinski definition) is 3. The Hall–Kier alpha value is -1.31. The molecule has 1 rings (SSSR count). The van der Waals surface area contributed by atoms with Crippen molar-refractivity contribution < 1.29 is 14.7 Å². The lowest BCUT2D eigenvalue weighted by Crippen LogP contribution is -2.42. The second-order valence-electron chi connectivity index (χ2n) is 3.26. The maximum Gasteiger partial charge on any atom is 0.252 e. The van der Waals surface area contributed by atoms with E-state index >= 15 is 0 Å². The second-order valence-corrected chi connectivity index (χ2v) is 4.43. The molecule has 0 fully saturated rings. The van der Waals surface area contributed by atoms with Gasteiger partial charge in [-0.25, -0.2) is 0 Å². The van der Waals surface area contributed by atoms with Crippen LogP contribution < -0.4 is 11.1 Å². The average Bonchev–Trinajstić information content (AvgIpc) is 2.21. The molecule has 2 amide bonds. The number of halogens is 1. The highest BCUT2D eigenvalue weighted by atomic mass is 127. The molecule has 1 aromatic carbocycles. The Morgan fingerprint density at radius 2 is 2.12 bits per heavy atom. The summed E-state index contributed by atoms with van der Waals surface area (Å²) in [7, 11) is 0. The number of phenols is 1. The molecular weight excluding hydrogens is 323 g/mol. The zero-order valence-corrected chi connectivity index (χ0v) is 10.7. The fourth-order valence-electron chi connectivity index (χ4n) is 1.01. The number of nitrogens with one attached hydrogen (secondary N) is 1. The van der Waals surface area contributed by atoms with Crippen molar-refractivity contribution >= 4 is 34.4 Å². The fourth-order valence-corrected chi connectivity index (χ4v) is 1.34. The van der Waals surface area contributed by atoms with Gasteiger partial charge in [0, 0.05) is 5.56 Å². The Morgan fingerprint density at radius 1 is 1.50 bits per heavy atom. The number of nitrogens with two attached hydrogens (primary N) is 1. The molecule has 86 valence electrons. The lowest BCUT2D eigenvalue weighted by Gasteiger charge is -2.10. The van der Waals surface area contributed by atoms with E-state index in [0.29, 0.717) is 3.57 Å². The zero-order chi connectivity index (χ0) is 12.3. The van der Waals surface area contributed by atoms with Gasteiger partial charge in [0.15, 0.2) is 0 Å². The number of amides is 2. The van der Waals surface area contributed by atoms with Crippen LogP contribution in [-0.2, 0) is 4.79 Å². The van der Waals surface area contributed by atoms with Gasteiger partial charge in [0.2, 0.25) is 5.91 Å². The summed E-state index contributed by atoms with van der Waals surface area (Å²) in [6, 6.07) is 3.77. The molecule has 5 nitrogen and oxygen atoms in total. The third-order valence-corrected chi connectivity index (χ3v) is 2.89. The molecule has 0 spiro atoms. The lowest BCUT2D eigenvalue weighted by atomic mass is 10.2. The van der Waals surface area contributed by atoms with Crippen LogP contribution in [-0.4, -0.2) is 23.0 Å². The normalized spacial score (nSPS) is 11.9. The summed E-state index contributed by atoms with van der Waals surface area (Å²) in [6.07, 6.45) is 0. The first kappa shape index (κ1) is 12.8. The van der Waals surface area contributed by atoms with E-state index in [2.05, 4.69) is 5.32 Å². The number of hydrogen-bond acceptors (Lipinski definition) is 3. The van der Waals surface area contributed by atoms with Gasteiger partial charge >= 0.3 is 0 Å². The summed E-state index contributed by atoms with van der Waals surface area (Å²) >= 11 is 1.94. The van der Waals surface area contributed by atoms with Gasteiger partial charge in [0.05, 0.1) is 3.57 Å². The van der Waals surface area contributed by atoms with Gasteiger partial charge in [-0.1, -0.05) is 0 Å². The molecule has 0 heterocycles. The SMILES string of the molecule is CC(NC(=O)c1ccc(I)c(O)c1)C(N)=O. The summed E-state index contributed by atoms with van der Waals surface area (Å²) in [5.41, 5.74) is 5.30. The number of aromatic hydroxyl groups is 1. The van der Waals surface area contributed by atoms with Crippen LogP contribution in [0.15, 0.2) is 18.2 Å². The third kappa shape index (κ3) is 3.09. The molecular formula is C10H11IN2O3. The molecule has 16 heavy (non-hydrogen) atoms. The molecule has 1 aromatic rings. The number of benzene rings is 1. The van der Waals surface area contributed by atoms with E-state index < -0.39 is 17.9 Å². The van der Waals surface area contributed by atoms with Crippen molar-refractivity contribution in [2.75, 3.05) is 0 Å². The zero-order valence-electron chi connectivity index (χ0n) is 8.53. The van der Waals surface area contributed by atoms with Crippen LogP contribution in [0.5, 0.6) is 5.75 Å². The summed E-state index contributed by atoms with van der Waals surface area (Å²) < 4.78 is 0.650. The molecule has 1 unspecified atom stereocenters. The van der Waals surface area contributed by atoms with Crippen molar-refractivity contribution in [2.45, 2.75) is 13.0 Å². The number of primary amides is 1. The van der Waals surface area contributed by atoms with Crippen LogP contribution in [0.25, 0.3) is 0 Å². The largest absolute Gasteiger partial charge is 0.507 e. The van der Waals surface area contributed by atoms with Gasteiger partial charge in [0.1, 0.15) is 11.8 Å². The highest BCUT2D eigenvalue weighted by Gasteiger charge is 2.14. The second kappa shape index (κ2) is 5.15. The molecule has 1 atom stereocenters. The van der Waals surface area contributed by atoms with Crippen LogP contribution in [0, 0.1) is 3.57 Å². The van der Waals surface area contributed by atoms with Crippen LogP contribution in [0.4, 0.5) is 0 Å². The average molecular weight is 334 g/mol.